The zero-order valence-electron chi connectivity index (χ0n) is 17.0. The van der Waals surface area contributed by atoms with Crippen molar-refractivity contribution in [2.75, 3.05) is 26.2 Å². The number of aromatic amines is 1. The molecule has 7 heteroatoms. The molecule has 2 fully saturated rings. The second-order valence-electron chi connectivity index (χ2n) is 8.63. The largest absolute Gasteiger partial charge is 0.342 e. The molecule has 0 unspecified atom stereocenters. The van der Waals surface area contributed by atoms with Crippen molar-refractivity contribution in [1.82, 2.24) is 25.0 Å². The Hall–Kier alpha value is -3.22. The van der Waals surface area contributed by atoms with Crippen LogP contribution in [0.25, 0.3) is 11.0 Å². The number of rotatable bonds is 4. The van der Waals surface area contributed by atoms with Gasteiger partial charge >= 0.3 is 0 Å². The molecule has 2 atom stereocenters. The number of pyridine rings is 1. The van der Waals surface area contributed by atoms with Crippen LogP contribution in [0.5, 0.6) is 0 Å². The fourth-order valence-electron chi connectivity index (χ4n) is 5.08. The molecule has 2 amide bonds. The smallest absolute Gasteiger partial charge is 0.272 e. The number of fused-ring (bicyclic) bond motifs is 2. The van der Waals surface area contributed by atoms with Gasteiger partial charge in [-0.3, -0.25) is 14.7 Å². The minimum absolute atomic E-state index is 0.0469. The van der Waals surface area contributed by atoms with E-state index in [0.29, 0.717) is 30.3 Å². The molecular weight excluding hydrogens is 378 g/mol. The molecule has 7 nitrogen and oxygen atoms in total. The van der Waals surface area contributed by atoms with E-state index in [1.807, 2.05) is 21.9 Å². The van der Waals surface area contributed by atoms with Crippen molar-refractivity contribution >= 4 is 22.8 Å². The first-order chi connectivity index (χ1) is 14.5. The van der Waals surface area contributed by atoms with E-state index >= 15 is 0 Å². The third-order valence-electron chi connectivity index (χ3n) is 6.77. The van der Waals surface area contributed by atoms with Crippen LogP contribution >= 0.6 is 0 Å². The summed E-state index contributed by atoms with van der Waals surface area (Å²) in [5.74, 6) is 0.368. The van der Waals surface area contributed by atoms with E-state index in [2.05, 4.69) is 39.4 Å². The van der Waals surface area contributed by atoms with E-state index in [1.54, 1.807) is 19.2 Å². The summed E-state index contributed by atoms with van der Waals surface area (Å²) in [6, 6.07) is 14.1. The van der Waals surface area contributed by atoms with Crippen LogP contribution in [0.2, 0.25) is 0 Å². The lowest BCUT2D eigenvalue weighted by molar-refractivity contribution is -0.128. The Morgan fingerprint density at radius 1 is 1.10 bits per heavy atom. The Balaban J connectivity index is 1.37. The number of aromatic nitrogens is 3. The number of likely N-dealkylation sites (tertiary alicyclic amines) is 2. The highest BCUT2D eigenvalue weighted by Crippen LogP contribution is 2.46. The van der Waals surface area contributed by atoms with Gasteiger partial charge < -0.3 is 9.80 Å². The zero-order chi connectivity index (χ0) is 20.7. The summed E-state index contributed by atoms with van der Waals surface area (Å²) in [6.07, 6.45) is 3.61. The molecule has 3 aromatic rings. The Bertz CT molecular complexity index is 1100. The maximum absolute atomic E-state index is 13.2. The quantitative estimate of drug-likeness (QED) is 0.726. The Kier molecular flexibility index (Phi) is 4.53. The summed E-state index contributed by atoms with van der Waals surface area (Å²) < 4.78 is 0. The molecule has 0 spiro atoms. The number of carbonyl (C=O) groups is 2. The number of benzene rings is 1. The lowest BCUT2D eigenvalue weighted by atomic mass is 9.76. The maximum atomic E-state index is 13.2. The predicted molar refractivity (Wildman–Crippen MR) is 113 cm³/mol. The second-order valence-corrected chi connectivity index (χ2v) is 8.63. The molecule has 0 bridgehead atoms. The standard InChI is InChI=1S/C23H25N5O2/c1-16(29)27-12-19-13-28(22(30)20-8-7-18-11-24-26-21(18)25-20)15-23(19,14-27)10-9-17-5-3-2-4-6-17/h2-8,11,19H,9-10,12-15H2,1H3,(H,24,25,26)/t19-,23+/m1/s1. The summed E-state index contributed by atoms with van der Waals surface area (Å²) in [5.41, 5.74) is 2.30. The van der Waals surface area contributed by atoms with Crippen LogP contribution < -0.4 is 0 Å². The Morgan fingerprint density at radius 2 is 1.87 bits per heavy atom. The summed E-state index contributed by atoms with van der Waals surface area (Å²) >= 11 is 0. The van der Waals surface area contributed by atoms with Gasteiger partial charge in [-0.15, -0.1) is 0 Å². The molecule has 2 saturated heterocycles. The van der Waals surface area contributed by atoms with E-state index < -0.39 is 0 Å². The lowest BCUT2D eigenvalue weighted by Gasteiger charge is -2.29. The Morgan fingerprint density at radius 3 is 2.67 bits per heavy atom. The molecule has 2 aliphatic rings. The number of hydrogen-bond acceptors (Lipinski definition) is 4. The monoisotopic (exact) mass is 403 g/mol. The number of H-pyrrole nitrogens is 1. The summed E-state index contributed by atoms with van der Waals surface area (Å²) in [4.78, 5) is 33.6. The molecular formula is C23H25N5O2. The molecule has 2 aromatic heterocycles. The molecule has 0 radical (unpaired) electrons. The fraction of sp³-hybridized carbons (Fsp3) is 0.391. The van der Waals surface area contributed by atoms with Crippen LogP contribution in [0.3, 0.4) is 0 Å². The van der Waals surface area contributed by atoms with E-state index in [1.165, 1.54) is 5.56 Å². The van der Waals surface area contributed by atoms with Crippen molar-refractivity contribution in [1.29, 1.82) is 0 Å². The first kappa shape index (κ1) is 18.8. The van der Waals surface area contributed by atoms with Crippen molar-refractivity contribution in [3.8, 4) is 0 Å². The topological polar surface area (TPSA) is 82.2 Å². The van der Waals surface area contributed by atoms with Gasteiger partial charge in [-0.2, -0.15) is 5.10 Å². The molecule has 4 heterocycles. The summed E-state index contributed by atoms with van der Waals surface area (Å²) in [6.45, 7) is 4.41. The number of amides is 2. The van der Waals surface area contributed by atoms with E-state index in [-0.39, 0.29) is 17.2 Å². The average molecular weight is 403 g/mol. The lowest BCUT2D eigenvalue weighted by Crippen LogP contribution is -2.38. The van der Waals surface area contributed by atoms with Gasteiger partial charge in [-0.25, -0.2) is 4.98 Å². The number of nitrogens with zero attached hydrogens (tertiary/aromatic N) is 4. The van der Waals surface area contributed by atoms with Crippen molar-refractivity contribution in [2.24, 2.45) is 11.3 Å². The summed E-state index contributed by atoms with van der Waals surface area (Å²) in [5, 5.41) is 7.71. The number of aryl methyl sites for hydroxylation is 1. The van der Waals surface area contributed by atoms with Gasteiger partial charge in [0.05, 0.1) is 6.20 Å². The van der Waals surface area contributed by atoms with Gasteiger partial charge in [0.25, 0.3) is 5.91 Å². The van der Waals surface area contributed by atoms with Gasteiger partial charge in [0.1, 0.15) is 5.69 Å². The first-order valence-corrected chi connectivity index (χ1v) is 10.4. The van der Waals surface area contributed by atoms with Gasteiger partial charge in [-0.05, 0) is 30.5 Å². The van der Waals surface area contributed by atoms with Gasteiger partial charge in [0.15, 0.2) is 5.65 Å². The molecule has 1 N–H and O–H groups in total. The van der Waals surface area contributed by atoms with E-state index in [9.17, 15) is 9.59 Å². The minimum atomic E-state index is -0.0603. The normalized spacial score (nSPS) is 23.2. The van der Waals surface area contributed by atoms with E-state index in [4.69, 9.17) is 0 Å². The van der Waals surface area contributed by atoms with Crippen LogP contribution in [0.4, 0.5) is 0 Å². The van der Waals surface area contributed by atoms with Crippen molar-refractivity contribution in [3.63, 3.8) is 0 Å². The molecule has 5 rings (SSSR count). The minimum Gasteiger partial charge on any atom is -0.342 e. The first-order valence-electron chi connectivity index (χ1n) is 10.4. The number of nitrogens with one attached hydrogen (secondary N) is 1. The predicted octanol–water partition coefficient (Wildman–Crippen LogP) is 2.51. The van der Waals surface area contributed by atoms with Crippen molar-refractivity contribution in [3.05, 3.63) is 59.9 Å². The Labute approximate surface area is 175 Å². The van der Waals surface area contributed by atoms with E-state index in [0.717, 1.165) is 31.3 Å². The van der Waals surface area contributed by atoms with Crippen LogP contribution in [0.15, 0.2) is 48.7 Å². The fourth-order valence-corrected chi connectivity index (χ4v) is 5.08. The van der Waals surface area contributed by atoms with Crippen LogP contribution in [0.1, 0.15) is 29.4 Å². The molecule has 154 valence electrons. The highest BCUT2D eigenvalue weighted by molar-refractivity contribution is 5.94. The highest BCUT2D eigenvalue weighted by Gasteiger charge is 2.53. The summed E-state index contributed by atoms with van der Waals surface area (Å²) in [7, 11) is 0. The van der Waals surface area contributed by atoms with Crippen molar-refractivity contribution in [2.45, 2.75) is 19.8 Å². The molecule has 2 aliphatic heterocycles. The van der Waals surface area contributed by atoms with Crippen LogP contribution in [-0.2, 0) is 11.2 Å². The van der Waals surface area contributed by atoms with Crippen LogP contribution in [-0.4, -0.2) is 63.0 Å². The number of carbonyl (C=O) groups excluding carboxylic acids is 2. The third-order valence-corrected chi connectivity index (χ3v) is 6.77. The SMILES string of the molecule is CC(=O)N1C[C@@H]2CN(C(=O)c3ccc4cn[nH]c4n3)C[C@]2(CCc2ccccc2)C1. The van der Waals surface area contributed by atoms with Gasteiger partial charge in [0.2, 0.25) is 5.91 Å². The highest BCUT2D eigenvalue weighted by atomic mass is 16.2. The number of hydrogen-bond donors (Lipinski definition) is 1. The molecule has 0 saturated carbocycles. The van der Waals surface area contributed by atoms with Crippen molar-refractivity contribution < 1.29 is 9.59 Å². The average Bonchev–Trinajstić information content (AvgIpc) is 3.44. The zero-order valence-corrected chi connectivity index (χ0v) is 17.0. The molecule has 30 heavy (non-hydrogen) atoms. The maximum Gasteiger partial charge on any atom is 0.272 e. The van der Waals surface area contributed by atoms with Gasteiger partial charge in [0, 0.05) is 49.8 Å². The van der Waals surface area contributed by atoms with Crippen LogP contribution in [0, 0.1) is 11.3 Å². The molecule has 1 aromatic carbocycles. The third kappa shape index (κ3) is 3.24. The molecule has 0 aliphatic carbocycles. The van der Waals surface area contributed by atoms with Gasteiger partial charge in [-0.1, -0.05) is 30.3 Å². The second kappa shape index (κ2) is 7.23.